The summed E-state index contributed by atoms with van der Waals surface area (Å²) in [5.41, 5.74) is 2.34. The van der Waals surface area contributed by atoms with Gasteiger partial charge >= 0.3 is 0 Å². The summed E-state index contributed by atoms with van der Waals surface area (Å²) in [7, 11) is 1.98. The van der Waals surface area contributed by atoms with E-state index < -0.39 is 0 Å². The number of rotatable bonds is 4. The van der Waals surface area contributed by atoms with Crippen LogP contribution < -0.4 is 0 Å². The third kappa shape index (κ3) is 4.29. The highest BCUT2D eigenvalue weighted by Gasteiger charge is 2.25. The molecule has 150 valence electrons. The third-order valence-electron chi connectivity index (χ3n) is 4.59. The quantitative estimate of drug-likeness (QED) is 0.554. The van der Waals surface area contributed by atoms with Crippen molar-refractivity contribution in [1.29, 1.82) is 0 Å². The molecule has 0 aliphatic carbocycles. The van der Waals surface area contributed by atoms with Gasteiger partial charge in [-0.25, -0.2) is 0 Å². The lowest BCUT2D eigenvalue weighted by atomic mass is 9.87. The Kier molecular flexibility index (Phi) is 5.40. The molecule has 0 aliphatic rings. The second-order valence-electron chi connectivity index (χ2n) is 9.16. The van der Waals surface area contributed by atoms with E-state index in [1.807, 2.05) is 18.5 Å². The van der Waals surface area contributed by atoms with Crippen LogP contribution in [0, 0.1) is 0 Å². The Bertz CT molecular complexity index is 945. The topological polar surface area (TPSA) is 69.6 Å². The number of benzene rings is 1. The molecule has 0 aliphatic heterocycles. The average Bonchev–Trinajstić information content (AvgIpc) is 3.22. The van der Waals surface area contributed by atoms with E-state index in [-0.39, 0.29) is 16.1 Å². The summed E-state index contributed by atoms with van der Waals surface area (Å²) < 4.78 is 7.47. The molecule has 0 saturated carbocycles. The van der Waals surface area contributed by atoms with Crippen LogP contribution in [0.2, 0.25) is 0 Å². The molecule has 2 aromatic heterocycles. The number of hydrogen-bond acceptors (Lipinski definition) is 6. The Morgan fingerprint density at radius 2 is 1.61 bits per heavy atom. The second kappa shape index (κ2) is 7.35. The Balaban J connectivity index is 1.78. The van der Waals surface area contributed by atoms with E-state index in [2.05, 4.69) is 86.1 Å². The molecular formula is C21H29N5OS. The van der Waals surface area contributed by atoms with Gasteiger partial charge in [-0.05, 0) is 17.9 Å². The number of aromatic nitrogens is 5. The van der Waals surface area contributed by atoms with Gasteiger partial charge in [0.15, 0.2) is 16.8 Å². The lowest BCUT2D eigenvalue weighted by Gasteiger charge is -2.19. The van der Waals surface area contributed by atoms with Crippen LogP contribution in [-0.2, 0) is 17.9 Å². The smallest absolute Gasteiger partial charge is 0.239 e. The highest BCUT2D eigenvalue weighted by molar-refractivity contribution is 7.99. The van der Waals surface area contributed by atoms with Gasteiger partial charge in [-0.3, -0.25) is 0 Å². The van der Waals surface area contributed by atoms with Crippen LogP contribution in [0.25, 0.3) is 11.4 Å². The van der Waals surface area contributed by atoms with E-state index in [4.69, 9.17) is 4.52 Å². The second-order valence-corrected chi connectivity index (χ2v) is 10.5. The van der Waals surface area contributed by atoms with Crippen molar-refractivity contribution in [3.63, 3.8) is 0 Å². The van der Waals surface area contributed by atoms with Gasteiger partial charge in [0.05, 0.1) is 5.25 Å². The Labute approximate surface area is 171 Å². The third-order valence-corrected chi connectivity index (χ3v) is 5.71. The van der Waals surface area contributed by atoms with Crippen LogP contribution in [0.3, 0.4) is 0 Å². The summed E-state index contributed by atoms with van der Waals surface area (Å²) in [5, 5.41) is 13.7. The van der Waals surface area contributed by atoms with Crippen molar-refractivity contribution in [2.45, 2.75) is 69.7 Å². The van der Waals surface area contributed by atoms with Gasteiger partial charge in [0.2, 0.25) is 5.89 Å². The first kappa shape index (κ1) is 20.6. The molecule has 3 rings (SSSR count). The number of nitrogens with zero attached hydrogens (tertiary/aromatic N) is 5. The molecule has 2 heterocycles. The summed E-state index contributed by atoms with van der Waals surface area (Å²) in [6, 6.07) is 8.53. The van der Waals surface area contributed by atoms with Gasteiger partial charge in [-0.1, -0.05) is 82.7 Å². The van der Waals surface area contributed by atoms with E-state index in [0.717, 1.165) is 16.5 Å². The standard InChI is InChI=1S/C21H29N5OS/c1-13(17-22-18(25-27-17)21(5,6)7)28-19-24-23-16(26(19)8)14-9-11-15(12-10-14)20(2,3)4/h9-13H,1-8H3. The summed E-state index contributed by atoms with van der Waals surface area (Å²) in [4.78, 5) is 4.55. The Morgan fingerprint density at radius 3 is 2.14 bits per heavy atom. The first-order valence-corrected chi connectivity index (χ1v) is 10.4. The zero-order valence-corrected chi connectivity index (χ0v) is 18.8. The van der Waals surface area contributed by atoms with Crippen LogP contribution in [0.15, 0.2) is 33.9 Å². The fourth-order valence-corrected chi connectivity index (χ4v) is 3.55. The predicted octanol–water partition coefficient (Wildman–Crippen LogP) is 5.31. The maximum atomic E-state index is 5.46. The van der Waals surface area contributed by atoms with Gasteiger partial charge in [0.1, 0.15) is 0 Å². The molecular weight excluding hydrogens is 370 g/mol. The molecule has 0 bridgehead atoms. The minimum absolute atomic E-state index is 0.0115. The predicted molar refractivity (Wildman–Crippen MR) is 112 cm³/mol. The summed E-state index contributed by atoms with van der Waals surface area (Å²) >= 11 is 1.56. The molecule has 3 aromatic rings. The van der Waals surface area contributed by atoms with Crippen molar-refractivity contribution < 1.29 is 4.52 Å². The molecule has 28 heavy (non-hydrogen) atoms. The van der Waals surface area contributed by atoms with E-state index in [1.54, 1.807) is 11.8 Å². The lowest BCUT2D eigenvalue weighted by Crippen LogP contribution is -2.13. The summed E-state index contributed by atoms with van der Waals surface area (Å²) in [6.45, 7) is 14.9. The SMILES string of the molecule is CC(Sc1nnc(-c2ccc(C(C)(C)C)cc2)n1C)c1nc(C(C)(C)C)no1. The van der Waals surface area contributed by atoms with Gasteiger partial charge in [-0.15, -0.1) is 10.2 Å². The van der Waals surface area contributed by atoms with Crippen molar-refractivity contribution >= 4 is 11.8 Å². The summed E-state index contributed by atoms with van der Waals surface area (Å²) in [5.74, 6) is 2.16. The van der Waals surface area contributed by atoms with Crippen LogP contribution >= 0.6 is 11.8 Å². The van der Waals surface area contributed by atoms with Crippen molar-refractivity contribution in [1.82, 2.24) is 24.9 Å². The maximum Gasteiger partial charge on any atom is 0.239 e. The van der Waals surface area contributed by atoms with Gasteiger partial charge < -0.3 is 9.09 Å². The Morgan fingerprint density at radius 1 is 0.964 bits per heavy atom. The van der Waals surface area contributed by atoms with Crippen LogP contribution in [-0.4, -0.2) is 24.9 Å². The van der Waals surface area contributed by atoms with Crippen molar-refractivity contribution in [2.75, 3.05) is 0 Å². The number of hydrogen-bond donors (Lipinski definition) is 0. The first-order chi connectivity index (χ1) is 13.0. The normalized spacial score (nSPS) is 13.7. The van der Waals surface area contributed by atoms with Crippen molar-refractivity contribution in [3.05, 3.63) is 41.5 Å². The molecule has 0 fully saturated rings. The van der Waals surface area contributed by atoms with Crippen molar-refractivity contribution in [3.8, 4) is 11.4 Å². The molecule has 6 nitrogen and oxygen atoms in total. The van der Waals surface area contributed by atoms with Crippen LogP contribution in [0.4, 0.5) is 0 Å². The molecule has 0 radical (unpaired) electrons. The van der Waals surface area contributed by atoms with E-state index in [9.17, 15) is 0 Å². The molecule has 1 unspecified atom stereocenters. The fourth-order valence-electron chi connectivity index (χ4n) is 2.70. The van der Waals surface area contributed by atoms with Crippen LogP contribution in [0.1, 0.15) is 71.0 Å². The van der Waals surface area contributed by atoms with Crippen molar-refractivity contribution in [2.24, 2.45) is 7.05 Å². The molecule has 0 spiro atoms. The monoisotopic (exact) mass is 399 g/mol. The zero-order chi connectivity index (χ0) is 20.7. The summed E-state index contributed by atoms with van der Waals surface area (Å²) in [6.07, 6.45) is 0. The highest BCUT2D eigenvalue weighted by atomic mass is 32.2. The molecule has 1 atom stereocenters. The molecule has 0 amide bonds. The molecule has 1 aromatic carbocycles. The van der Waals surface area contributed by atoms with Gasteiger partial charge in [0, 0.05) is 18.0 Å². The first-order valence-electron chi connectivity index (χ1n) is 9.48. The minimum Gasteiger partial charge on any atom is -0.338 e. The largest absolute Gasteiger partial charge is 0.338 e. The maximum absolute atomic E-state index is 5.46. The molecule has 7 heteroatoms. The lowest BCUT2D eigenvalue weighted by molar-refractivity contribution is 0.364. The minimum atomic E-state index is -0.136. The molecule has 0 saturated heterocycles. The highest BCUT2D eigenvalue weighted by Crippen LogP contribution is 2.35. The zero-order valence-electron chi connectivity index (χ0n) is 17.9. The number of thioether (sulfide) groups is 1. The van der Waals surface area contributed by atoms with E-state index >= 15 is 0 Å². The fraction of sp³-hybridized carbons (Fsp3) is 0.524. The van der Waals surface area contributed by atoms with Crippen LogP contribution in [0.5, 0.6) is 0 Å². The average molecular weight is 400 g/mol. The van der Waals surface area contributed by atoms with E-state index in [0.29, 0.717) is 11.7 Å². The molecule has 0 N–H and O–H groups in total. The van der Waals surface area contributed by atoms with E-state index in [1.165, 1.54) is 5.56 Å². The Hall–Kier alpha value is -2.15. The van der Waals surface area contributed by atoms with Gasteiger partial charge in [-0.2, -0.15) is 4.98 Å². The van der Waals surface area contributed by atoms with Gasteiger partial charge in [0.25, 0.3) is 0 Å².